The zero-order valence-corrected chi connectivity index (χ0v) is 13.9. The summed E-state index contributed by atoms with van der Waals surface area (Å²) < 4.78 is 20.7. The Hall–Kier alpha value is -3.35. The van der Waals surface area contributed by atoms with Gasteiger partial charge in [-0.2, -0.15) is 0 Å². The van der Waals surface area contributed by atoms with Gasteiger partial charge in [-0.25, -0.2) is 4.39 Å². The fourth-order valence-electron chi connectivity index (χ4n) is 2.43. The Morgan fingerprint density at radius 1 is 1.12 bits per heavy atom. The highest BCUT2D eigenvalue weighted by Gasteiger charge is 2.10. The number of rotatable bonds is 7. The van der Waals surface area contributed by atoms with E-state index in [1.165, 1.54) is 12.3 Å². The summed E-state index contributed by atoms with van der Waals surface area (Å²) in [5, 5.41) is 5.22. The average Bonchev–Trinajstić information content (AvgIpc) is 3.34. The predicted octanol–water partition coefficient (Wildman–Crippen LogP) is 3.36. The lowest BCUT2D eigenvalue weighted by atomic mass is 10.2. The van der Waals surface area contributed by atoms with Gasteiger partial charge in [-0.1, -0.05) is 0 Å². The lowest BCUT2D eigenvalue weighted by Gasteiger charge is -2.10. The molecule has 26 heavy (non-hydrogen) atoms. The number of halogens is 1. The van der Waals surface area contributed by atoms with Crippen molar-refractivity contribution in [3.63, 3.8) is 0 Å². The summed E-state index contributed by atoms with van der Waals surface area (Å²) >= 11 is 0. The first-order chi connectivity index (χ1) is 12.6. The van der Waals surface area contributed by atoms with Gasteiger partial charge >= 0.3 is 0 Å². The van der Waals surface area contributed by atoms with Crippen molar-refractivity contribution in [3.8, 4) is 5.69 Å². The zero-order valence-electron chi connectivity index (χ0n) is 13.9. The Balaban J connectivity index is 1.49. The summed E-state index contributed by atoms with van der Waals surface area (Å²) in [6, 6.07) is 11.4. The van der Waals surface area contributed by atoms with Gasteiger partial charge in [-0.15, -0.1) is 0 Å². The van der Waals surface area contributed by atoms with Crippen molar-refractivity contribution in [2.45, 2.75) is 12.8 Å². The van der Waals surface area contributed by atoms with Crippen LogP contribution in [-0.4, -0.2) is 22.9 Å². The monoisotopic (exact) mass is 355 g/mol. The molecule has 2 heterocycles. The molecule has 2 amide bonds. The van der Waals surface area contributed by atoms with Crippen molar-refractivity contribution < 1.29 is 18.4 Å². The van der Waals surface area contributed by atoms with Crippen molar-refractivity contribution in [1.29, 1.82) is 0 Å². The third-order valence-corrected chi connectivity index (χ3v) is 3.74. The normalized spacial score (nSPS) is 10.5. The number of nitrogens with zero attached hydrogens (tertiary/aromatic N) is 1. The average molecular weight is 355 g/mol. The molecular weight excluding hydrogens is 337 g/mol. The van der Waals surface area contributed by atoms with E-state index in [1.807, 2.05) is 29.1 Å². The van der Waals surface area contributed by atoms with Crippen molar-refractivity contribution in [2.24, 2.45) is 0 Å². The molecule has 6 nitrogen and oxygen atoms in total. The van der Waals surface area contributed by atoms with E-state index in [2.05, 4.69) is 10.6 Å². The molecule has 0 unspecified atom stereocenters. The van der Waals surface area contributed by atoms with Gasteiger partial charge in [-0.3, -0.25) is 9.59 Å². The van der Waals surface area contributed by atoms with E-state index in [9.17, 15) is 14.0 Å². The number of furan rings is 1. The van der Waals surface area contributed by atoms with Crippen LogP contribution in [0.1, 0.15) is 23.4 Å². The Morgan fingerprint density at radius 3 is 2.65 bits per heavy atom. The molecule has 0 aliphatic heterocycles. The summed E-state index contributed by atoms with van der Waals surface area (Å²) in [7, 11) is 0. The quantitative estimate of drug-likeness (QED) is 0.638. The second-order valence-electron chi connectivity index (χ2n) is 5.64. The van der Waals surface area contributed by atoms with Crippen molar-refractivity contribution in [3.05, 3.63) is 72.7 Å². The molecule has 2 aromatic heterocycles. The largest absolute Gasteiger partial charge is 0.459 e. The lowest BCUT2D eigenvalue weighted by Crippen LogP contribution is -2.25. The third kappa shape index (κ3) is 4.38. The first kappa shape index (κ1) is 17.5. The number of hydrogen-bond donors (Lipinski definition) is 2. The standard InChI is InChI=1S/C19H18FN3O3/c20-15-8-7-14(23-10-1-2-11-23)13-16(15)22-18(24)6-3-9-21-19(25)17-5-4-12-26-17/h1-2,4-5,7-8,10-13H,3,6,9H2,(H,21,25)(H,22,24). The summed E-state index contributed by atoms with van der Waals surface area (Å²) in [4.78, 5) is 23.7. The van der Waals surface area contributed by atoms with Crippen LogP contribution in [-0.2, 0) is 4.79 Å². The molecule has 0 bridgehead atoms. The molecule has 3 aromatic rings. The van der Waals surface area contributed by atoms with E-state index in [4.69, 9.17) is 4.42 Å². The molecule has 1 aromatic carbocycles. The SMILES string of the molecule is O=C(CCCNC(=O)c1ccco1)Nc1cc(-n2cccc2)ccc1F. The number of carbonyl (C=O) groups is 2. The van der Waals surface area contributed by atoms with Crippen LogP contribution >= 0.6 is 0 Å². The molecule has 0 atom stereocenters. The summed E-state index contributed by atoms with van der Waals surface area (Å²) in [6.07, 6.45) is 5.67. The zero-order chi connectivity index (χ0) is 18.4. The summed E-state index contributed by atoms with van der Waals surface area (Å²) in [5.74, 6) is -0.930. The summed E-state index contributed by atoms with van der Waals surface area (Å²) in [5.41, 5.74) is 0.873. The highest BCUT2D eigenvalue weighted by Crippen LogP contribution is 2.19. The van der Waals surface area contributed by atoms with Crippen LogP contribution in [0.3, 0.4) is 0 Å². The minimum Gasteiger partial charge on any atom is -0.459 e. The van der Waals surface area contributed by atoms with Gasteiger partial charge in [0.2, 0.25) is 5.91 Å². The number of carbonyl (C=O) groups excluding carboxylic acids is 2. The fraction of sp³-hybridized carbons (Fsp3) is 0.158. The smallest absolute Gasteiger partial charge is 0.286 e. The Morgan fingerprint density at radius 2 is 1.92 bits per heavy atom. The molecule has 0 saturated heterocycles. The van der Waals surface area contributed by atoms with Gasteiger partial charge in [0.15, 0.2) is 5.76 Å². The number of amides is 2. The topological polar surface area (TPSA) is 76.3 Å². The maximum absolute atomic E-state index is 13.9. The van der Waals surface area contributed by atoms with Crippen LogP contribution in [0, 0.1) is 5.82 Å². The van der Waals surface area contributed by atoms with Crippen LogP contribution in [0.25, 0.3) is 5.69 Å². The number of aromatic nitrogens is 1. The van der Waals surface area contributed by atoms with Gasteiger partial charge in [0.25, 0.3) is 5.91 Å². The molecule has 0 saturated carbocycles. The molecule has 0 aliphatic rings. The van der Waals surface area contributed by atoms with Crippen molar-refractivity contribution >= 4 is 17.5 Å². The maximum atomic E-state index is 13.9. The molecule has 0 radical (unpaired) electrons. The van der Waals surface area contributed by atoms with Gasteiger partial charge in [0.1, 0.15) is 5.82 Å². The van der Waals surface area contributed by atoms with E-state index in [-0.39, 0.29) is 29.7 Å². The predicted molar refractivity (Wildman–Crippen MR) is 94.6 cm³/mol. The van der Waals surface area contributed by atoms with Crippen molar-refractivity contribution in [1.82, 2.24) is 9.88 Å². The molecule has 7 heteroatoms. The molecular formula is C19H18FN3O3. The number of anilines is 1. The molecule has 134 valence electrons. The van der Waals surface area contributed by atoms with E-state index < -0.39 is 5.82 Å². The van der Waals surface area contributed by atoms with Gasteiger partial charge in [0, 0.05) is 31.0 Å². The third-order valence-electron chi connectivity index (χ3n) is 3.74. The van der Waals surface area contributed by atoms with Gasteiger partial charge in [-0.05, 0) is 48.9 Å². The van der Waals surface area contributed by atoms with Gasteiger partial charge < -0.3 is 19.6 Å². The molecule has 0 aliphatic carbocycles. The minimum atomic E-state index is -0.500. The fourth-order valence-corrected chi connectivity index (χ4v) is 2.43. The molecule has 0 spiro atoms. The van der Waals surface area contributed by atoms with Crippen LogP contribution in [0.5, 0.6) is 0 Å². The van der Waals surface area contributed by atoms with E-state index in [1.54, 1.807) is 24.3 Å². The number of hydrogen-bond acceptors (Lipinski definition) is 3. The van der Waals surface area contributed by atoms with Crippen molar-refractivity contribution in [2.75, 3.05) is 11.9 Å². The highest BCUT2D eigenvalue weighted by molar-refractivity contribution is 5.92. The lowest BCUT2D eigenvalue weighted by molar-refractivity contribution is -0.116. The molecule has 0 fully saturated rings. The van der Waals surface area contributed by atoms with Gasteiger partial charge in [0.05, 0.1) is 12.0 Å². The van der Waals surface area contributed by atoms with E-state index in [0.29, 0.717) is 13.0 Å². The first-order valence-corrected chi connectivity index (χ1v) is 8.18. The van der Waals surface area contributed by atoms with Crippen LogP contribution in [0.4, 0.5) is 10.1 Å². The van der Waals surface area contributed by atoms with E-state index >= 15 is 0 Å². The summed E-state index contributed by atoms with van der Waals surface area (Å²) in [6.45, 7) is 0.318. The second-order valence-corrected chi connectivity index (χ2v) is 5.64. The highest BCUT2D eigenvalue weighted by atomic mass is 19.1. The molecule has 2 N–H and O–H groups in total. The number of benzene rings is 1. The van der Waals surface area contributed by atoms with E-state index in [0.717, 1.165) is 5.69 Å². The first-order valence-electron chi connectivity index (χ1n) is 8.18. The Labute approximate surface area is 149 Å². The molecule has 3 rings (SSSR count). The van der Waals surface area contributed by atoms with Crippen LogP contribution < -0.4 is 10.6 Å². The number of nitrogens with one attached hydrogen (secondary N) is 2. The Kier molecular flexibility index (Phi) is 5.48. The maximum Gasteiger partial charge on any atom is 0.286 e. The Bertz CT molecular complexity index is 874. The van der Waals surface area contributed by atoms with Crippen LogP contribution in [0.15, 0.2) is 65.5 Å². The second kappa shape index (κ2) is 8.15. The van der Waals surface area contributed by atoms with Crippen LogP contribution in [0.2, 0.25) is 0 Å². The minimum absolute atomic E-state index is 0.126.